The Labute approximate surface area is 166 Å². The second-order valence-corrected chi connectivity index (χ2v) is 7.32. The number of esters is 1. The van der Waals surface area contributed by atoms with Crippen molar-refractivity contribution in [1.82, 2.24) is 9.88 Å². The molecule has 2 aromatic rings. The van der Waals surface area contributed by atoms with Crippen molar-refractivity contribution in [3.05, 3.63) is 46.8 Å². The number of fused-ring (bicyclic) bond motifs is 6. The fourth-order valence-corrected chi connectivity index (χ4v) is 4.84. The molecule has 0 saturated heterocycles. The Morgan fingerprint density at radius 2 is 2.10 bits per heavy atom. The zero-order valence-electron chi connectivity index (χ0n) is 15.9. The lowest BCUT2D eigenvalue weighted by molar-refractivity contribution is -0.148. The molecular formula is C21H19N3O5. The van der Waals surface area contributed by atoms with Crippen LogP contribution in [0.4, 0.5) is 6.01 Å². The first-order valence-corrected chi connectivity index (χ1v) is 9.61. The Bertz CT molecular complexity index is 1120. The van der Waals surface area contributed by atoms with Crippen molar-refractivity contribution in [1.29, 1.82) is 0 Å². The van der Waals surface area contributed by atoms with Crippen molar-refractivity contribution in [3.8, 4) is 11.3 Å². The van der Waals surface area contributed by atoms with E-state index in [0.717, 1.165) is 0 Å². The van der Waals surface area contributed by atoms with Gasteiger partial charge in [0.05, 0.1) is 6.61 Å². The van der Waals surface area contributed by atoms with E-state index in [-0.39, 0.29) is 30.9 Å². The van der Waals surface area contributed by atoms with Gasteiger partial charge in [0.25, 0.3) is 6.01 Å². The topological polar surface area (TPSA) is 116 Å². The number of Topliss-reactive ketones (excluding diaryl/α,β-unsaturated/α-hetero) is 1. The number of carbonyl (C=O) groups is 3. The van der Waals surface area contributed by atoms with Crippen LogP contribution in [0.1, 0.15) is 37.4 Å². The number of nitrogens with two attached hydrogens (primary N) is 1. The molecule has 1 spiro atoms. The minimum atomic E-state index is -1.42. The number of nitrogens with zero attached hydrogens (tertiary/aromatic N) is 2. The molecule has 148 valence electrons. The molecule has 0 bridgehead atoms. The van der Waals surface area contributed by atoms with Crippen molar-refractivity contribution >= 4 is 23.7 Å². The predicted molar refractivity (Wildman–Crippen MR) is 101 cm³/mol. The van der Waals surface area contributed by atoms with Gasteiger partial charge < -0.3 is 19.8 Å². The molecule has 0 fully saturated rings. The zero-order chi connectivity index (χ0) is 20.3. The number of amides is 1. The fraction of sp³-hybridized carbons (Fsp3) is 0.333. The molecule has 8 nitrogen and oxygen atoms in total. The molecule has 1 atom stereocenters. The summed E-state index contributed by atoms with van der Waals surface area (Å²) in [5, 5.41) is 0. The monoisotopic (exact) mass is 393 g/mol. The van der Waals surface area contributed by atoms with Crippen molar-refractivity contribution in [2.24, 2.45) is 0 Å². The van der Waals surface area contributed by atoms with Gasteiger partial charge in [0, 0.05) is 23.3 Å². The summed E-state index contributed by atoms with van der Waals surface area (Å²) in [6.07, 6.45) is 1.49. The molecule has 2 heterocycles. The SMILES string of the molecule is CCOC(=O)CN1C(=O)[C@@]2(C3=C1CCCC3=O)c1ccccc1-c1oc(N)nc12. The number of anilines is 1. The van der Waals surface area contributed by atoms with E-state index >= 15 is 0 Å². The molecule has 29 heavy (non-hydrogen) atoms. The third kappa shape index (κ3) is 2.14. The standard InChI is InChI=1S/C21H19N3O5/c1-2-28-15(26)10-24-13-8-5-9-14(25)16(13)21(19(24)27)12-7-4-3-6-11(12)17-18(21)23-20(22)29-17/h3-4,6-7H,2,5,8-10H2,1H3,(H2,22,23)/t21-/m1/s1. The van der Waals surface area contributed by atoms with Crippen LogP contribution < -0.4 is 5.73 Å². The third-order valence-corrected chi connectivity index (χ3v) is 5.82. The zero-order valence-corrected chi connectivity index (χ0v) is 15.9. The van der Waals surface area contributed by atoms with Crippen LogP contribution >= 0.6 is 0 Å². The van der Waals surface area contributed by atoms with E-state index in [4.69, 9.17) is 14.9 Å². The summed E-state index contributed by atoms with van der Waals surface area (Å²) >= 11 is 0. The van der Waals surface area contributed by atoms with Crippen LogP contribution in [0.5, 0.6) is 0 Å². The maximum atomic E-state index is 13.9. The van der Waals surface area contributed by atoms with Gasteiger partial charge in [-0.25, -0.2) is 0 Å². The predicted octanol–water partition coefficient (Wildman–Crippen LogP) is 1.94. The highest BCUT2D eigenvalue weighted by atomic mass is 16.5. The number of ether oxygens (including phenoxy) is 1. The van der Waals surface area contributed by atoms with Crippen LogP contribution in [-0.2, 0) is 24.5 Å². The van der Waals surface area contributed by atoms with Gasteiger partial charge in [0.15, 0.2) is 17.0 Å². The molecule has 2 aliphatic carbocycles. The average molecular weight is 393 g/mol. The minimum Gasteiger partial charge on any atom is -0.465 e. The molecule has 0 radical (unpaired) electrons. The normalized spacial score (nSPS) is 22.2. The number of rotatable bonds is 3. The lowest BCUT2D eigenvalue weighted by Gasteiger charge is -2.26. The molecule has 0 unspecified atom stereocenters. The van der Waals surface area contributed by atoms with Crippen molar-refractivity contribution in [2.75, 3.05) is 18.9 Å². The number of allylic oxidation sites excluding steroid dienone is 1. The van der Waals surface area contributed by atoms with Gasteiger partial charge in [0.1, 0.15) is 12.2 Å². The van der Waals surface area contributed by atoms with E-state index in [9.17, 15) is 14.4 Å². The average Bonchev–Trinajstić information content (AvgIpc) is 3.28. The Morgan fingerprint density at radius 1 is 1.31 bits per heavy atom. The first kappa shape index (κ1) is 17.7. The summed E-state index contributed by atoms with van der Waals surface area (Å²) < 4.78 is 10.7. The summed E-state index contributed by atoms with van der Waals surface area (Å²) in [5.41, 5.74) is 7.01. The lowest BCUT2D eigenvalue weighted by Crippen LogP contribution is -2.43. The molecule has 0 saturated carbocycles. The van der Waals surface area contributed by atoms with Crippen LogP contribution in [0.25, 0.3) is 11.3 Å². The van der Waals surface area contributed by atoms with Crippen LogP contribution in [0.3, 0.4) is 0 Å². The first-order valence-electron chi connectivity index (χ1n) is 9.61. The van der Waals surface area contributed by atoms with Crippen LogP contribution in [0, 0.1) is 0 Å². The Kier molecular flexibility index (Phi) is 3.68. The molecule has 3 aliphatic rings. The van der Waals surface area contributed by atoms with Crippen molar-refractivity contribution in [3.63, 3.8) is 0 Å². The number of aromatic nitrogens is 1. The molecular weight excluding hydrogens is 374 g/mol. The maximum absolute atomic E-state index is 13.9. The largest absolute Gasteiger partial charge is 0.465 e. The van der Waals surface area contributed by atoms with Crippen molar-refractivity contribution in [2.45, 2.75) is 31.6 Å². The lowest BCUT2D eigenvalue weighted by atomic mass is 9.71. The van der Waals surface area contributed by atoms with Gasteiger partial charge in [-0.15, -0.1) is 0 Å². The Hall–Kier alpha value is -3.42. The van der Waals surface area contributed by atoms with Gasteiger partial charge in [0.2, 0.25) is 5.91 Å². The van der Waals surface area contributed by atoms with E-state index in [1.54, 1.807) is 13.0 Å². The highest BCUT2D eigenvalue weighted by Crippen LogP contribution is 2.59. The van der Waals surface area contributed by atoms with E-state index in [0.29, 0.717) is 53.1 Å². The number of ketones is 1. The maximum Gasteiger partial charge on any atom is 0.326 e. The van der Waals surface area contributed by atoms with E-state index in [2.05, 4.69) is 4.98 Å². The molecule has 8 heteroatoms. The van der Waals surface area contributed by atoms with Crippen molar-refractivity contribution < 1.29 is 23.5 Å². The number of benzene rings is 1. The van der Waals surface area contributed by atoms with Gasteiger partial charge in [-0.05, 0) is 25.3 Å². The highest BCUT2D eigenvalue weighted by Gasteiger charge is 2.64. The highest BCUT2D eigenvalue weighted by molar-refractivity contribution is 6.17. The van der Waals surface area contributed by atoms with Gasteiger partial charge in [-0.1, -0.05) is 24.3 Å². The van der Waals surface area contributed by atoms with Gasteiger partial charge in [-0.2, -0.15) is 4.98 Å². The Morgan fingerprint density at radius 3 is 2.90 bits per heavy atom. The quantitative estimate of drug-likeness (QED) is 0.792. The number of hydrogen-bond donors (Lipinski definition) is 1. The summed E-state index contributed by atoms with van der Waals surface area (Å²) in [7, 11) is 0. The minimum absolute atomic E-state index is 0.0640. The second-order valence-electron chi connectivity index (χ2n) is 7.32. The number of nitrogen functional groups attached to an aromatic ring is 1. The Balaban J connectivity index is 1.78. The summed E-state index contributed by atoms with van der Waals surface area (Å²) in [6.45, 7) is 1.67. The van der Waals surface area contributed by atoms with Crippen LogP contribution in [0.2, 0.25) is 0 Å². The summed E-state index contributed by atoms with van der Waals surface area (Å²) in [6, 6.07) is 7.20. The van der Waals surface area contributed by atoms with Crippen LogP contribution in [-0.4, -0.2) is 40.7 Å². The second kappa shape index (κ2) is 6.04. The number of oxazole rings is 1. The van der Waals surface area contributed by atoms with E-state index in [1.165, 1.54) is 4.90 Å². The summed E-state index contributed by atoms with van der Waals surface area (Å²) in [4.78, 5) is 45.0. The molecule has 1 amide bonds. The number of carbonyl (C=O) groups excluding carboxylic acids is 3. The smallest absolute Gasteiger partial charge is 0.326 e. The number of hydrogen-bond acceptors (Lipinski definition) is 7. The first-order chi connectivity index (χ1) is 14.0. The molecule has 2 N–H and O–H groups in total. The third-order valence-electron chi connectivity index (χ3n) is 5.82. The van der Waals surface area contributed by atoms with Gasteiger partial charge >= 0.3 is 5.97 Å². The van der Waals surface area contributed by atoms with Gasteiger partial charge in [-0.3, -0.25) is 14.4 Å². The molecule has 1 aromatic heterocycles. The van der Waals surface area contributed by atoms with E-state index in [1.807, 2.05) is 18.2 Å². The fourth-order valence-electron chi connectivity index (χ4n) is 4.84. The molecule has 1 aliphatic heterocycles. The summed E-state index contributed by atoms with van der Waals surface area (Å²) in [5.74, 6) is -0.621. The van der Waals surface area contributed by atoms with Crippen LogP contribution in [0.15, 0.2) is 40.0 Å². The van der Waals surface area contributed by atoms with E-state index < -0.39 is 11.4 Å². The molecule has 1 aromatic carbocycles. The molecule has 5 rings (SSSR count).